The molecule has 1 fully saturated rings. The summed E-state index contributed by atoms with van der Waals surface area (Å²) in [6.45, 7) is 4.25. The van der Waals surface area contributed by atoms with Gasteiger partial charge in [0.25, 0.3) is 0 Å². The molecule has 1 aromatic rings. The summed E-state index contributed by atoms with van der Waals surface area (Å²) in [5.41, 5.74) is 1.28. The largest absolute Gasteiger partial charge is 0.352 e. The van der Waals surface area contributed by atoms with E-state index in [0.29, 0.717) is 6.54 Å². The van der Waals surface area contributed by atoms with E-state index in [9.17, 15) is 9.59 Å². The van der Waals surface area contributed by atoms with Crippen LogP contribution in [0.25, 0.3) is 0 Å². The average Bonchev–Trinajstić information content (AvgIpc) is 2.96. The Morgan fingerprint density at radius 1 is 1.33 bits per heavy atom. The quantitative estimate of drug-likeness (QED) is 0.902. The number of carbonyl (C=O) groups is 2. The molecule has 1 aliphatic heterocycles. The molecule has 1 aromatic carbocycles. The molecule has 4 heteroatoms. The van der Waals surface area contributed by atoms with Crippen LogP contribution in [0.4, 0.5) is 0 Å². The molecular formula is C17H24N2O2. The highest BCUT2D eigenvalue weighted by Gasteiger charge is 2.32. The van der Waals surface area contributed by atoms with Gasteiger partial charge < -0.3 is 10.2 Å². The van der Waals surface area contributed by atoms with E-state index in [2.05, 4.69) is 17.4 Å². The van der Waals surface area contributed by atoms with Crippen molar-refractivity contribution in [3.8, 4) is 0 Å². The molecule has 1 heterocycles. The van der Waals surface area contributed by atoms with Crippen molar-refractivity contribution in [2.75, 3.05) is 6.54 Å². The first-order chi connectivity index (χ1) is 10.1. The number of amides is 2. The number of nitrogens with one attached hydrogen (secondary N) is 1. The standard InChI is InChI=1S/C17H24N2O2/c1-13(10-11-15-7-4-3-5-8-15)18-17(21)16-9-6-12-19(16)14(2)20/h3-5,7-8,13,16H,6,9-12H2,1-2H3,(H,18,21)/t13-,16-/m0/s1. The van der Waals surface area contributed by atoms with Gasteiger partial charge in [-0.25, -0.2) is 0 Å². The van der Waals surface area contributed by atoms with Gasteiger partial charge in [0.15, 0.2) is 0 Å². The lowest BCUT2D eigenvalue weighted by atomic mass is 10.1. The van der Waals surface area contributed by atoms with Crippen LogP contribution in [0.1, 0.15) is 38.7 Å². The van der Waals surface area contributed by atoms with Crippen LogP contribution in [0.5, 0.6) is 0 Å². The minimum atomic E-state index is -0.276. The SMILES string of the molecule is CC(=O)N1CCC[C@H]1C(=O)N[C@@H](C)CCc1ccccc1. The molecule has 0 saturated carbocycles. The third-order valence-corrected chi connectivity index (χ3v) is 4.06. The Morgan fingerprint density at radius 3 is 2.71 bits per heavy atom. The van der Waals surface area contributed by atoms with Gasteiger partial charge in [0.05, 0.1) is 0 Å². The fraction of sp³-hybridized carbons (Fsp3) is 0.529. The zero-order valence-electron chi connectivity index (χ0n) is 12.8. The van der Waals surface area contributed by atoms with E-state index in [-0.39, 0.29) is 23.9 Å². The molecule has 0 aromatic heterocycles. The molecule has 114 valence electrons. The lowest BCUT2D eigenvalue weighted by molar-refractivity contribution is -0.137. The van der Waals surface area contributed by atoms with Crippen molar-refractivity contribution in [2.24, 2.45) is 0 Å². The Labute approximate surface area is 126 Å². The summed E-state index contributed by atoms with van der Waals surface area (Å²) in [5, 5.41) is 3.04. The zero-order valence-corrected chi connectivity index (χ0v) is 12.8. The van der Waals surface area contributed by atoms with Gasteiger partial charge in [-0.2, -0.15) is 0 Å². The number of hydrogen-bond donors (Lipinski definition) is 1. The maximum Gasteiger partial charge on any atom is 0.243 e. The van der Waals surface area contributed by atoms with Gasteiger partial charge in [-0.15, -0.1) is 0 Å². The summed E-state index contributed by atoms with van der Waals surface area (Å²) in [4.78, 5) is 25.5. The molecule has 1 aliphatic rings. The predicted molar refractivity (Wildman–Crippen MR) is 82.8 cm³/mol. The summed E-state index contributed by atoms with van der Waals surface area (Å²) in [6, 6.07) is 10.1. The van der Waals surface area contributed by atoms with Gasteiger partial charge >= 0.3 is 0 Å². The van der Waals surface area contributed by atoms with Crippen LogP contribution in [0, 0.1) is 0 Å². The Morgan fingerprint density at radius 2 is 2.05 bits per heavy atom. The van der Waals surface area contributed by atoms with E-state index in [4.69, 9.17) is 0 Å². The van der Waals surface area contributed by atoms with Crippen LogP contribution in [-0.4, -0.2) is 35.3 Å². The first-order valence-electron chi connectivity index (χ1n) is 7.69. The maximum absolute atomic E-state index is 12.3. The molecule has 1 saturated heterocycles. The summed E-state index contributed by atoms with van der Waals surface area (Å²) in [7, 11) is 0. The zero-order chi connectivity index (χ0) is 15.2. The van der Waals surface area contributed by atoms with Gasteiger partial charge in [-0.3, -0.25) is 9.59 Å². The molecule has 4 nitrogen and oxygen atoms in total. The van der Waals surface area contributed by atoms with E-state index >= 15 is 0 Å². The van der Waals surface area contributed by atoms with E-state index in [0.717, 1.165) is 25.7 Å². The van der Waals surface area contributed by atoms with Gasteiger partial charge in [0.2, 0.25) is 11.8 Å². The third-order valence-electron chi connectivity index (χ3n) is 4.06. The van der Waals surface area contributed by atoms with E-state index in [1.54, 1.807) is 4.90 Å². The molecule has 21 heavy (non-hydrogen) atoms. The molecule has 0 spiro atoms. The highest BCUT2D eigenvalue weighted by molar-refractivity contribution is 5.87. The van der Waals surface area contributed by atoms with Crippen molar-refractivity contribution >= 4 is 11.8 Å². The second-order valence-corrected chi connectivity index (χ2v) is 5.80. The first kappa shape index (κ1) is 15.5. The summed E-state index contributed by atoms with van der Waals surface area (Å²) >= 11 is 0. The molecular weight excluding hydrogens is 264 g/mol. The van der Waals surface area contributed by atoms with Crippen LogP contribution < -0.4 is 5.32 Å². The van der Waals surface area contributed by atoms with E-state index in [1.165, 1.54) is 12.5 Å². The number of carbonyl (C=O) groups excluding carboxylic acids is 2. The van der Waals surface area contributed by atoms with E-state index < -0.39 is 0 Å². The second kappa shape index (κ2) is 7.25. The number of nitrogens with zero attached hydrogens (tertiary/aromatic N) is 1. The number of aryl methyl sites for hydroxylation is 1. The van der Waals surface area contributed by atoms with Crippen LogP contribution in [0.3, 0.4) is 0 Å². The molecule has 0 radical (unpaired) electrons. The van der Waals surface area contributed by atoms with E-state index in [1.807, 2.05) is 25.1 Å². The Kier molecular flexibility index (Phi) is 5.37. The van der Waals surface area contributed by atoms with Gasteiger partial charge in [-0.05, 0) is 38.2 Å². The minimum absolute atomic E-state index is 0.00964. The fourth-order valence-corrected chi connectivity index (χ4v) is 2.86. The van der Waals surface area contributed by atoms with Crippen molar-refractivity contribution in [3.05, 3.63) is 35.9 Å². The number of benzene rings is 1. The second-order valence-electron chi connectivity index (χ2n) is 5.80. The number of hydrogen-bond acceptors (Lipinski definition) is 2. The van der Waals surface area contributed by atoms with Crippen LogP contribution in [0.2, 0.25) is 0 Å². The van der Waals surface area contributed by atoms with Gasteiger partial charge in [-0.1, -0.05) is 30.3 Å². The minimum Gasteiger partial charge on any atom is -0.352 e. The van der Waals surface area contributed by atoms with Gasteiger partial charge in [0.1, 0.15) is 6.04 Å². The lowest BCUT2D eigenvalue weighted by Crippen LogP contribution is -2.47. The maximum atomic E-state index is 12.3. The average molecular weight is 288 g/mol. The van der Waals surface area contributed by atoms with Crippen LogP contribution in [0.15, 0.2) is 30.3 Å². The molecule has 2 rings (SSSR count). The third kappa shape index (κ3) is 4.31. The Bertz CT molecular complexity index is 487. The normalized spacial score (nSPS) is 19.3. The first-order valence-corrected chi connectivity index (χ1v) is 7.69. The van der Waals surface area contributed by atoms with Crippen molar-refractivity contribution in [3.63, 3.8) is 0 Å². The molecule has 0 bridgehead atoms. The summed E-state index contributed by atoms with van der Waals surface area (Å²) in [6.07, 6.45) is 3.54. The highest BCUT2D eigenvalue weighted by atomic mass is 16.2. The van der Waals surface area contributed by atoms with Crippen LogP contribution in [-0.2, 0) is 16.0 Å². The lowest BCUT2D eigenvalue weighted by Gasteiger charge is -2.24. The molecule has 2 atom stereocenters. The molecule has 0 aliphatic carbocycles. The molecule has 2 amide bonds. The Balaban J connectivity index is 1.80. The van der Waals surface area contributed by atoms with Crippen molar-refractivity contribution < 1.29 is 9.59 Å². The fourth-order valence-electron chi connectivity index (χ4n) is 2.86. The van der Waals surface area contributed by atoms with Crippen molar-refractivity contribution in [1.29, 1.82) is 0 Å². The molecule has 1 N–H and O–H groups in total. The number of rotatable bonds is 5. The molecule has 0 unspecified atom stereocenters. The smallest absolute Gasteiger partial charge is 0.243 e. The van der Waals surface area contributed by atoms with Crippen molar-refractivity contribution in [1.82, 2.24) is 10.2 Å². The Hall–Kier alpha value is -1.84. The monoisotopic (exact) mass is 288 g/mol. The predicted octanol–water partition coefficient (Wildman–Crippen LogP) is 2.13. The summed E-state index contributed by atoms with van der Waals surface area (Å²) < 4.78 is 0. The van der Waals surface area contributed by atoms with Crippen molar-refractivity contribution in [2.45, 2.75) is 51.6 Å². The van der Waals surface area contributed by atoms with Crippen LogP contribution >= 0.6 is 0 Å². The van der Waals surface area contributed by atoms with Gasteiger partial charge in [0, 0.05) is 19.5 Å². The number of likely N-dealkylation sites (tertiary alicyclic amines) is 1. The summed E-state index contributed by atoms with van der Waals surface area (Å²) in [5.74, 6) is -0.0205. The highest BCUT2D eigenvalue weighted by Crippen LogP contribution is 2.17. The topological polar surface area (TPSA) is 49.4 Å².